The SMILES string of the molecule is c1ccc(C[C@H]2OCc3ccccc32)cc1. The first-order chi connectivity index (χ1) is 7.93. The lowest BCUT2D eigenvalue weighted by molar-refractivity contribution is 0.0665. The summed E-state index contributed by atoms with van der Waals surface area (Å²) in [5.74, 6) is 0. The van der Waals surface area contributed by atoms with Crippen molar-refractivity contribution in [1.82, 2.24) is 0 Å². The summed E-state index contributed by atoms with van der Waals surface area (Å²) in [6.45, 7) is 0.758. The van der Waals surface area contributed by atoms with Gasteiger partial charge in [0.15, 0.2) is 0 Å². The number of rotatable bonds is 2. The highest BCUT2D eigenvalue weighted by Gasteiger charge is 2.22. The predicted octanol–water partition coefficient (Wildman–Crippen LogP) is 3.50. The van der Waals surface area contributed by atoms with Crippen molar-refractivity contribution in [3.8, 4) is 0 Å². The minimum atomic E-state index is 0.235. The Kier molecular flexibility index (Phi) is 2.47. The van der Waals surface area contributed by atoms with Crippen LogP contribution in [0.1, 0.15) is 22.8 Å². The van der Waals surface area contributed by atoms with Crippen molar-refractivity contribution in [1.29, 1.82) is 0 Å². The Balaban J connectivity index is 1.84. The molecule has 1 nitrogen and oxygen atoms in total. The van der Waals surface area contributed by atoms with E-state index in [-0.39, 0.29) is 6.10 Å². The monoisotopic (exact) mass is 210 g/mol. The molecule has 1 heteroatoms. The third-order valence-electron chi connectivity index (χ3n) is 3.11. The van der Waals surface area contributed by atoms with Crippen LogP contribution in [0, 0.1) is 0 Å². The van der Waals surface area contributed by atoms with Gasteiger partial charge in [-0.3, -0.25) is 0 Å². The van der Waals surface area contributed by atoms with E-state index in [9.17, 15) is 0 Å². The molecule has 1 heterocycles. The molecule has 16 heavy (non-hydrogen) atoms. The summed E-state index contributed by atoms with van der Waals surface area (Å²) in [5, 5.41) is 0. The maximum absolute atomic E-state index is 5.83. The molecule has 0 fully saturated rings. The molecule has 0 bridgehead atoms. The van der Waals surface area contributed by atoms with E-state index in [4.69, 9.17) is 4.74 Å². The van der Waals surface area contributed by atoms with Gasteiger partial charge in [0.1, 0.15) is 0 Å². The molecular formula is C15H14O. The van der Waals surface area contributed by atoms with Crippen molar-refractivity contribution in [2.45, 2.75) is 19.1 Å². The summed E-state index contributed by atoms with van der Waals surface area (Å²) in [4.78, 5) is 0. The fourth-order valence-electron chi connectivity index (χ4n) is 2.26. The Morgan fingerprint density at radius 1 is 0.938 bits per heavy atom. The van der Waals surface area contributed by atoms with Crippen molar-refractivity contribution in [3.63, 3.8) is 0 Å². The molecule has 0 unspecified atom stereocenters. The van der Waals surface area contributed by atoms with Crippen molar-refractivity contribution in [3.05, 3.63) is 71.3 Å². The van der Waals surface area contributed by atoms with E-state index >= 15 is 0 Å². The molecular weight excluding hydrogens is 196 g/mol. The van der Waals surface area contributed by atoms with Gasteiger partial charge in [-0.2, -0.15) is 0 Å². The Morgan fingerprint density at radius 2 is 1.69 bits per heavy atom. The Morgan fingerprint density at radius 3 is 2.56 bits per heavy atom. The molecule has 0 spiro atoms. The lowest BCUT2D eigenvalue weighted by Crippen LogP contribution is -2.00. The van der Waals surface area contributed by atoms with Gasteiger partial charge in [0.25, 0.3) is 0 Å². The van der Waals surface area contributed by atoms with Crippen LogP contribution in [-0.4, -0.2) is 0 Å². The number of hydrogen-bond acceptors (Lipinski definition) is 1. The predicted molar refractivity (Wildman–Crippen MR) is 64.1 cm³/mol. The van der Waals surface area contributed by atoms with Crippen LogP contribution in [0.25, 0.3) is 0 Å². The largest absolute Gasteiger partial charge is 0.368 e. The summed E-state index contributed by atoms with van der Waals surface area (Å²) in [6, 6.07) is 19.0. The van der Waals surface area contributed by atoms with E-state index < -0.39 is 0 Å². The molecule has 0 aliphatic carbocycles. The summed E-state index contributed by atoms with van der Waals surface area (Å²) in [5.41, 5.74) is 4.03. The lowest BCUT2D eigenvalue weighted by Gasteiger charge is -2.10. The van der Waals surface area contributed by atoms with E-state index in [1.165, 1.54) is 16.7 Å². The van der Waals surface area contributed by atoms with Crippen LogP contribution in [0.5, 0.6) is 0 Å². The Bertz CT molecular complexity index is 476. The molecule has 2 aromatic carbocycles. The van der Waals surface area contributed by atoms with E-state index in [1.807, 2.05) is 6.07 Å². The molecule has 1 aliphatic rings. The van der Waals surface area contributed by atoms with E-state index in [1.54, 1.807) is 0 Å². The Labute approximate surface area is 95.7 Å². The van der Waals surface area contributed by atoms with Crippen LogP contribution in [0.2, 0.25) is 0 Å². The normalized spacial score (nSPS) is 18.4. The van der Waals surface area contributed by atoms with Crippen LogP contribution in [-0.2, 0) is 17.8 Å². The van der Waals surface area contributed by atoms with Crippen LogP contribution < -0.4 is 0 Å². The zero-order valence-electron chi connectivity index (χ0n) is 9.10. The molecule has 0 saturated carbocycles. The Hall–Kier alpha value is -1.60. The first kappa shape index (κ1) is 9.61. The number of fused-ring (bicyclic) bond motifs is 1. The second kappa shape index (κ2) is 4.11. The quantitative estimate of drug-likeness (QED) is 0.737. The second-order valence-corrected chi connectivity index (χ2v) is 4.19. The van der Waals surface area contributed by atoms with Gasteiger partial charge in [-0.05, 0) is 16.7 Å². The highest BCUT2D eigenvalue weighted by atomic mass is 16.5. The number of ether oxygens (including phenoxy) is 1. The fraction of sp³-hybridized carbons (Fsp3) is 0.200. The van der Waals surface area contributed by atoms with Gasteiger partial charge in [-0.25, -0.2) is 0 Å². The molecule has 1 aliphatic heterocycles. The van der Waals surface area contributed by atoms with E-state index in [0.29, 0.717) is 0 Å². The maximum atomic E-state index is 5.83. The first-order valence-corrected chi connectivity index (χ1v) is 5.67. The van der Waals surface area contributed by atoms with Crippen LogP contribution in [0.3, 0.4) is 0 Å². The second-order valence-electron chi connectivity index (χ2n) is 4.19. The number of hydrogen-bond donors (Lipinski definition) is 0. The zero-order chi connectivity index (χ0) is 10.8. The van der Waals surface area contributed by atoms with Gasteiger partial charge in [0, 0.05) is 6.42 Å². The van der Waals surface area contributed by atoms with Gasteiger partial charge < -0.3 is 4.74 Å². The maximum Gasteiger partial charge on any atom is 0.0873 e. The van der Waals surface area contributed by atoms with Gasteiger partial charge in [0.05, 0.1) is 12.7 Å². The van der Waals surface area contributed by atoms with Crippen molar-refractivity contribution in [2.75, 3.05) is 0 Å². The highest BCUT2D eigenvalue weighted by molar-refractivity contribution is 5.33. The summed E-state index contributed by atoms with van der Waals surface area (Å²) >= 11 is 0. The minimum Gasteiger partial charge on any atom is -0.368 e. The molecule has 1 atom stereocenters. The third kappa shape index (κ3) is 1.74. The molecule has 3 rings (SSSR count). The molecule has 80 valence electrons. The van der Waals surface area contributed by atoms with Crippen LogP contribution in [0.4, 0.5) is 0 Å². The summed E-state index contributed by atoms with van der Waals surface area (Å²) in [6.07, 6.45) is 1.20. The molecule has 2 aromatic rings. The fourth-order valence-corrected chi connectivity index (χ4v) is 2.26. The summed E-state index contributed by atoms with van der Waals surface area (Å²) < 4.78 is 5.83. The van der Waals surface area contributed by atoms with Gasteiger partial charge in [-0.1, -0.05) is 54.6 Å². The minimum absolute atomic E-state index is 0.235. The van der Waals surface area contributed by atoms with Crippen LogP contribution >= 0.6 is 0 Å². The van der Waals surface area contributed by atoms with E-state index in [2.05, 4.69) is 48.5 Å². The molecule has 0 amide bonds. The topological polar surface area (TPSA) is 9.23 Å². The van der Waals surface area contributed by atoms with Crippen molar-refractivity contribution in [2.24, 2.45) is 0 Å². The van der Waals surface area contributed by atoms with E-state index in [0.717, 1.165) is 13.0 Å². The smallest absolute Gasteiger partial charge is 0.0873 e. The summed E-state index contributed by atoms with van der Waals surface area (Å²) in [7, 11) is 0. The van der Waals surface area contributed by atoms with Crippen molar-refractivity contribution < 1.29 is 4.74 Å². The van der Waals surface area contributed by atoms with Gasteiger partial charge >= 0.3 is 0 Å². The highest BCUT2D eigenvalue weighted by Crippen LogP contribution is 2.32. The standard InChI is InChI=1S/C15H14O/c1-2-6-12(7-3-1)10-15-14-9-5-4-8-13(14)11-16-15/h1-9,15H,10-11H2/t15-/m1/s1. The lowest BCUT2D eigenvalue weighted by atomic mass is 10.00. The molecule has 0 saturated heterocycles. The third-order valence-corrected chi connectivity index (χ3v) is 3.11. The van der Waals surface area contributed by atoms with Crippen LogP contribution in [0.15, 0.2) is 54.6 Å². The van der Waals surface area contributed by atoms with Gasteiger partial charge in [-0.15, -0.1) is 0 Å². The average molecular weight is 210 g/mol. The number of benzene rings is 2. The zero-order valence-corrected chi connectivity index (χ0v) is 9.10. The first-order valence-electron chi connectivity index (χ1n) is 5.67. The molecule has 0 N–H and O–H groups in total. The molecule has 0 radical (unpaired) electrons. The molecule has 0 aromatic heterocycles. The average Bonchev–Trinajstić information content (AvgIpc) is 2.74. The van der Waals surface area contributed by atoms with Crippen molar-refractivity contribution >= 4 is 0 Å². The van der Waals surface area contributed by atoms with Gasteiger partial charge in [0.2, 0.25) is 0 Å².